The van der Waals surface area contributed by atoms with Gasteiger partial charge in [-0.15, -0.1) is 0 Å². The molecule has 0 spiro atoms. The van der Waals surface area contributed by atoms with E-state index in [4.69, 9.17) is 16.3 Å². The summed E-state index contributed by atoms with van der Waals surface area (Å²) in [6.45, 7) is 0.877. The Morgan fingerprint density at radius 1 is 1.60 bits per heavy atom. The summed E-state index contributed by atoms with van der Waals surface area (Å²) in [5.41, 5.74) is 0.856. The Labute approximate surface area is 123 Å². The van der Waals surface area contributed by atoms with Crippen molar-refractivity contribution in [2.24, 2.45) is 0 Å². The minimum absolute atomic E-state index is 0.0384. The zero-order chi connectivity index (χ0) is 14.7. The quantitative estimate of drug-likeness (QED) is 0.871. The zero-order valence-corrected chi connectivity index (χ0v) is 12.4. The van der Waals surface area contributed by atoms with Crippen LogP contribution in [0.4, 0.5) is 0 Å². The number of methoxy groups -OCH3 is 1. The van der Waals surface area contributed by atoms with Gasteiger partial charge in [-0.25, -0.2) is 0 Å². The second-order valence-corrected chi connectivity index (χ2v) is 5.44. The molecule has 2 rings (SSSR count). The second-order valence-electron chi connectivity index (χ2n) is 5.00. The maximum absolute atomic E-state index is 12.3. The third-order valence-electron chi connectivity index (χ3n) is 3.43. The first-order valence-electron chi connectivity index (χ1n) is 6.50. The first-order valence-corrected chi connectivity index (χ1v) is 6.88. The fourth-order valence-corrected chi connectivity index (χ4v) is 2.57. The van der Waals surface area contributed by atoms with E-state index in [1.165, 1.54) is 0 Å². The zero-order valence-electron chi connectivity index (χ0n) is 11.6. The van der Waals surface area contributed by atoms with Gasteiger partial charge in [0.1, 0.15) is 5.75 Å². The Balaban J connectivity index is 2.05. The molecule has 1 aliphatic heterocycles. The monoisotopic (exact) mass is 298 g/mol. The van der Waals surface area contributed by atoms with Crippen molar-refractivity contribution in [3.63, 3.8) is 0 Å². The van der Waals surface area contributed by atoms with Crippen molar-refractivity contribution in [1.82, 2.24) is 10.2 Å². The van der Waals surface area contributed by atoms with E-state index in [0.717, 1.165) is 5.56 Å². The summed E-state index contributed by atoms with van der Waals surface area (Å²) in [5.74, 6) is 0.664. The molecule has 2 atom stereocenters. The fraction of sp³-hybridized carbons (Fsp3) is 0.500. The molecule has 1 saturated heterocycles. The van der Waals surface area contributed by atoms with Crippen LogP contribution < -0.4 is 10.1 Å². The Hall–Kier alpha value is -1.30. The number of carbonyl (C=O) groups excluding carboxylic acids is 1. The van der Waals surface area contributed by atoms with Gasteiger partial charge in [-0.1, -0.05) is 11.6 Å². The summed E-state index contributed by atoms with van der Waals surface area (Å²) in [6, 6.07) is 5.01. The predicted octanol–water partition coefficient (Wildman–Crippen LogP) is 1.03. The molecule has 1 aromatic carbocycles. The minimum Gasteiger partial charge on any atom is -0.496 e. The first kappa shape index (κ1) is 15.1. The highest BCUT2D eigenvalue weighted by atomic mass is 35.5. The number of amides is 1. The summed E-state index contributed by atoms with van der Waals surface area (Å²) in [6.07, 6.45) is 0.00798. The topological polar surface area (TPSA) is 61.8 Å². The van der Waals surface area contributed by atoms with Crippen molar-refractivity contribution >= 4 is 17.5 Å². The van der Waals surface area contributed by atoms with Gasteiger partial charge in [0, 0.05) is 30.7 Å². The van der Waals surface area contributed by atoms with Crippen LogP contribution >= 0.6 is 11.6 Å². The highest BCUT2D eigenvalue weighted by Crippen LogP contribution is 2.24. The van der Waals surface area contributed by atoms with Crippen LogP contribution in [-0.4, -0.2) is 48.8 Å². The molecule has 1 heterocycles. The molecule has 6 heteroatoms. The van der Waals surface area contributed by atoms with E-state index in [1.54, 1.807) is 37.3 Å². The van der Waals surface area contributed by atoms with Gasteiger partial charge in [-0.3, -0.25) is 4.79 Å². The first-order chi connectivity index (χ1) is 9.51. The van der Waals surface area contributed by atoms with Gasteiger partial charge in [0.05, 0.1) is 19.3 Å². The second kappa shape index (κ2) is 6.43. The summed E-state index contributed by atoms with van der Waals surface area (Å²) in [5, 5.41) is 13.1. The van der Waals surface area contributed by atoms with Crippen LogP contribution in [0.2, 0.25) is 5.02 Å². The number of carbonyl (C=O) groups is 1. The maximum atomic E-state index is 12.3. The predicted molar refractivity (Wildman–Crippen MR) is 76.9 cm³/mol. The van der Waals surface area contributed by atoms with Crippen LogP contribution in [0.25, 0.3) is 0 Å². The van der Waals surface area contributed by atoms with Gasteiger partial charge in [0.2, 0.25) is 5.91 Å². The van der Waals surface area contributed by atoms with Gasteiger partial charge in [-0.2, -0.15) is 0 Å². The molecule has 2 N–H and O–H groups in total. The molecular formula is C14H19ClN2O3. The standard InChI is InChI=1S/C14H19ClN2O3/c1-17(14(19)12-6-11(18)7-16-12)8-9-5-10(15)3-4-13(9)20-2/h3-5,11-12,16,18H,6-8H2,1-2H3/t11-,12-/m1/s1. The number of rotatable bonds is 4. The van der Waals surface area contributed by atoms with Gasteiger partial charge in [0.25, 0.3) is 0 Å². The Morgan fingerprint density at radius 3 is 2.95 bits per heavy atom. The lowest BCUT2D eigenvalue weighted by Crippen LogP contribution is -2.41. The number of nitrogens with zero attached hydrogens (tertiary/aromatic N) is 1. The molecule has 0 bridgehead atoms. The van der Waals surface area contributed by atoms with Crippen molar-refractivity contribution in [2.75, 3.05) is 20.7 Å². The lowest BCUT2D eigenvalue weighted by atomic mass is 10.1. The summed E-state index contributed by atoms with van der Waals surface area (Å²) in [4.78, 5) is 13.9. The third kappa shape index (κ3) is 3.42. The fourth-order valence-electron chi connectivity index (χ4n) is 2.38. The van der Waals surface area contributed by atoms with E-state index in [-0.39, 0.29) is 11.9 Å². The van der Waals surface area contributed by atoms with Crippen molar-refractivity contribution in [2.45, 2.75) is 25.1 Å². The molecule has 1 aromatic rings. The minimum atomic E-state index is -0.446. The number of ether oxygens (including phenoxy) is 1. The number of hydrogen-bond donors (Lipinski definition) is 2. The number of aliphatic hydroxyl groups excluding tert-OH is 1. The van der Waals surface area contributed by atoms with E-state index >= 15 is 0 Å². The average Bonchev–Trinajstić information content (AvgIpc) is 2.84. The highest BCUT2D eigenvalue weighted by molar-refractivity contribution is 6.30. The van der Waals surface area contributed by atoms with E-state index in [2.05, 4.69) is 5.32 Å². The lowest BCUT2D eigenvalue weighted by molar-refractivity contribution is -0.132. The van der Waals surface area contributed by atoms with Crippen LogP contribution in [0.3, 0.4) is 0 Å². The van der Waals surface area contributed by atoms with Gasteiger partial charge >= 0.3 is 0 Å². The number of halogens is 1. The number of β-amino-alcohol motifs (C(OH)–C–C–N with tert-alkyl or cyclic N) is 1. The molecule has 0 saturated carbocycles. The number of likely N-dealkylation sites (N-methyl/N-ethyl adjacent to an activating group) is 1. The molecule has 0 aliphatic carbocycles. The Bertz CT molecular complexity index is 495. The molecule has 1 amide bonds. The van der Waals surface area contributed by atoms with E-state index < -0.39 is 6.10 Å². The molecule has 5 nitrogen and oxygen atoms in total. The summed E-state index contributed by atoms with van der Waals surface area (Å²) >= 11 is 5.98. The van der Waals surface area contributed by atoms with Crippen LogP contribution in [0.1, 0.15) is 12.0 Å². The molecule has 20 heavy (non-hydrogen) atoms. The normalized spacial score (nSPS) is 21.8. The largest absolute Gasteiger partial charge is 0.496 e. The van der Waals surface area contributed by atoms with Crippen molar-refractivity contribution in [3.05, 3.63) is 28.8 Å². The van der Waals surface area contributed by atoms with Crippen molar-refractivity contribution in [3.8, 4) is 5.75 Å². The SMILES string of the molecule is COc1ccc(Cl)cc1CN(C)C(=O)[C@H]1C[C@@H](O)CN1. The third-order valence-corrected chi connectivity index (χ3v) is 3.67. The molecule has 0 radical (unpaired) electrons. The molecule has 110 valence electrons. The molecule has 0 aromatic heterocycles. The average molecular weight is 299 g/mol. The molecular weight excluding hydrogens is 280 g/mol. The van der Waals surface area contributed by atoms with Crippen LogP contribution in [0, 0.1) is 0 Å². The summed E-state index contributed by atoms with van der Waals surface area (Å²) in [7, 11) is 3.32. The van der Waals surface area contributed by atoms with E-state index in [0.29, 0.717) is 30.3 Å². The number of hydrogen-bond acceptors (Lipinski definition) is 4. The number of aliphatic hydroxyl groups is 1. The summed E-state index contributed by atoms with van der Waals surface area (Å²) < 4.78 is 5.27. The highest BCUT2D eigenvalue weighted by Gasteiger charge is 2.30. The lowest BCUT2D eigenvalue weighted by Gasteiger charge is -2.22. The molecule has 1 fully saturated rings. The smallest absolute Gasteiger partial charge is 0.239 e. The number of benzene rings is 1. The van der Waals surface area contributed by atoms with Crippen LogP contribution in [0.5, 0.6) is 5.75 Å². The maximum Gasteiger partial charge on any atom is 0.239 e. The van der Waals surface area contributed by atoms with E-state index in [9.17, 15) is 9.90 Å². The van der Waals surface area contributed by atoms with Crippen molar-refractivity contribution in [1.29, 1.82) is 0 Å². The van der Waals surface area contributed by atoms with Crippen LogP contribution in [0.15, 0.2) is 18.2 Å². The van der Waals surface area contributed by atoms with Crippen LogP contribution in [-0.2, 0) is 11.3 Å². The molecule has 0 unspecified atom stereocenters. The van der Waals surface area contributed by atoms with Gasteiger partial charge in [0.15, 0.2) is 0 Å². The van der Waals surface area contributed by atoms with Gasteiger partial charge < -0.3 is 20.1 Å². The van der Waals surface area contributed by atoms with E-state index in [1.807, 2.05) is 0 Å². The van der Waals surface area contributed by atoms with Crippen molar-refractivity contribution < 1.29 is 14.6 Å². The van der Waals surface area contributed by atoms with Gasteiger partial charge in [-0.05, 0) is 24.6 Å². The Kier molecular flexibility index (Phi) is 4.86. The molecule has 1 aliphatic rings. The Morgan fingerprint density at radius 2 is 2.35 bits per heavy atom. The number of nitrogens with one attached hydrogen (secondary N) is 1.